The van der Waals surface area contributed by atoms with E-state index in [-0.39, 0.29) is 11.8 Å². The Bertz CT molecular complexity index is 2380. The Morgan fingerprint density at radius 3 is 2.25 bits per heavy atom. The summed E-state index contributed by atoms with van der Waals surface area (Å²) in [6.45, 7) is 9.28. The van der Waals surface area contributed by atoms with Crippen LogP contribution in [0.25, 0.3) is 31.9 Å². The second-order valence-electron chi connectivity index (χ2n) is 14.2. The molecule has 266 valence electrons. The van der Waals surface area contributed by atoms with Crippen LogP contribution in [0, 0.1) is 6.92 Å². The summed E-state index contributed by atoms with van der Waals surface area (Å²) < 4.78 is 12.4. The van der Waals surface area contributed by atoms with E-state index in [0.29, 0.717) is 67.7 Å². The Morgan fingerprint density at radius 1 is 0.808 bits per heavy atom. The zero-order valence-corrected chi connectivity index (χ0v) is 30.1. The van der Waals surface area contributed by atoms with Crippen LogP contribution in [0.2, 0.25) is 0 Å². The molecule has 2 aliphatic heterocycles. The molecule has 12 nitrogen and oxygen atoms in total. The van der Waals surface area contributed by atoms with Crippen LogP contribution in [-0.4, -0.2) is 82.1 Å². The summed E-state index contributed by atoms with van der Waals surface area (Å²) in [6.07, 6.45) is -0.238. The number of anilines is 2. The molecule has 2 aliphatic rings. The highest BCUT2D eigenvalue weighted by Gasteiger charge is 2.33. The summed E-state index contributed by atoms with van der Waals surface area (Å²) in [6, 6.07) is 18.6. The number of nitrogens with one attached hydrogen (secondary N) is 3. The summed E-state index contributed by atoms with van der Waals surface area (Å²) in [5, 5.41) is 7.73. The molecule has 8 rings (SSSR count). The third-order valence-electron chi connectivity index (χ3n) is 9.47. The zero-order chi connectivity index (χ0) is 36.3. The number of carbonyl (C=O) groups excluding carboxylic acids is 4. The number of aryl methyl sites for hydroxylation is 1. The zero-order valence-electron chi connectivity index (χ0n) is 29.3. The van der Waals surface area contributed by atoms with Crippen LogP contribution in [0.15, 0.2) is 66.0 Å². The van der Waals surface area contributed by atoms with E-state index in [0.717, 1.165) is 43.0 Å². The number of ether oxygens (including phenoxy) is 2. The van der Waals surface area contributed by atoms with E-state index in [1.165, 1.54) is 11.3 Å². The second-order valence-corrected chi connectivity index (χ2v) is 15.1. The predicted octanol–water partition coefficient (Wildman–Crippen LogP) is 7.68. The number of thiophene rings is 1. The lowest BCUT2D eigenvalue weighted by Gasteiger charge is -2.35. The highest BCUT2D eigenvalue weighted by Crippen LogP contribution is 2.45. The highest BCUT2D eigenvalue weighted by atomic mass is 32.1. The molecule has 0 aliphatic carbocycles. The lowest BCUT2D eigenvalue weighted by molar-refractivity contribution is 0.0154. The molecule has 3 aromatic heterocycles. The van der Waals surface area contributed by atoms with Gasteiger partial charge in [0.15, 0.2) is 5.75 Å². The van der Waals surface area contributed by atoms with Gasteiger partial charge in [-0.05, 0) is 87.0 Å². The van der Waals surface area contributed by atoms with Crippen molar-refractivity contribution in [3.05, 3.63) is 88.6 Å². The molecular formula is C39H38N6O6S. The number of hydrogen-bond acceptors (Lipinski definition) is 7. The van der Waals surface area contributed by atoms with Crippen molar-refractivity contribution in [1.82, 2.24) is 19.8 Å². The van der Waals surface area contributed by atoms with Crippen molar-refractivity contribution in [2.24, 2.45) is 0 Å². The van der Waals surface area contributed by atoms with E-state index in [9.17, 15) is 19.2 Å². The van der Waals surface area contributed by atoms with Gasteiger partial charge in [0.1, 0.15) is 17.0 Å². The van der Waals surface area contributed by atoms with Gasteiger partial charge in [-0.15, -0.1) is 11.3 Å². The third kappa shape index (κ3) is 6.21. The van der Waals surface area contributed by atoms with Crippen molar-refractivity contribution < 1.29 is 28.7 Å². The Hall–Kier alpha value is -5.82. The summed E-state index contributed by atoms with van der Waals surface area (Å²) in [4.78, 5) is 64.4. The van der Waals surface area contributed by atoms with Crippen LogP contribution < -0.4 is 15.0 Å². The van der Waals surface area contributed by atoms with Crippen molar-refractivity contribution in [3.63, 3.8) is 0 Å². The van der Waals surface area contributed by atoms with E-state index in [1.807, 2.05) is 75.5 Å². The Morgan fingerprint density at radius 2 is 1.50 bits per heavy atom. The SMILES string of the molecule is Cc1csc2c(OC(=O)N3CCN(C(=O)OC(C)(C)C)CC3)cc3c(c12)CCN3C(=O)c1cc2cc(NC(=O)c3cc4ccccc4[nH]3)ccc2[nH]1. The number of aromatic amines is 2. The number of aromatic nitrogens is 2. The fourth-order valence-corrected chi connectivity index (χ4v) is 7.98. The Labute approximate surface area is 303 Å². The van der Waals surface area contributed by atoms with Gasteiger partial charge in [0, 0.05) is 71.7 Å². The van der Waals surface area contributed by atoms with Gasteiger partial charge in [-0.3, -0.25) is 9.59 Å². The summed E-state index contributed by atoms with van der Waals surface area (Å²) >= 11 is 1.51. The molecule has 13 heteroatoms. The number of nitrogens with zero attached hydrogens (tertiary/aromatic N) is 3. The normalized spacial score (nSPS) is 14.7. The van der Waals surface area contributed by atoms with E-state index >= 15 is 0 Å². The van der Waals surface area contributed by atoms with Crippen molar-refractivity contribution in [2.45, 2.75) is 39.7 Å². The first kappa shape index (κ1) is 33.3. The van der Waals surface area contributed by atoms with Crippen LogP contribution in [0.1, 0.15) is 52.9 Å². The lowest BCUT2D eigenvalue weighted by Crippen LogP contribution is -2.52. The van der Waals surface area contributed by atoms with Crippen LogP contribution in [0.4, 0.5) is 21.0 Å². The van der Waals surface area contributed by atoms with Gasteiger partial charge < -0.3 is 39.5 Å². The topological polar surface area (TPSA) is 140 Å². The Kier molecular flexibility index (Phi) is 8.17. The minimum absolute atomic E-state index is 0.207. The van der Waals surface area contributed by atoms with Crippen molar-refractivity contribution in [1.29, 1.82) is 0 Å². The first-order valence-electron chi connectivity index (χ1n) is 17.2. The minimum Gasteiger partial charge on any atom is -0.444 e. The largest absolute Gasteiger partial charge is 0.444 e. The van der Waals surface area contributed by atoms with E-state index < -0.39 is 17.8 Å². The molecule has 5 heterocycles. The maximum Gasteiger partial charge on any atom is 0.415 e. The molecule has 0 spiro atoms. The molecule has 4 amide bonds. The van der Waals surface area contributed by atoms with Crippen LogP contribution in [-0.2, 0) is 11.2 Å². The summed E-state index contributed by atoms with van der Waals surface area (Å²) in [7, 11) is 0. The molecule has 0 saturated carbocycles. The summed E-state index contributed by atoms with van der Waals surface area (Å²) in [5.41, 5.74) is 5.33. The number of para-hydroxylation sites is 1. The predicted molar refractivity (Wildman–Crippen MR) is 202 cm³/mol. The maximum atomic E-state index is 14.1. The maximum absolute atomic E-state index is 14.1. The van der Waals surface area contributed by atoms with Crippen molar-refractivity contribution in [3.8, 4) is 5.75 Å². The van der Waals surface area contributed by atoms with Gasteiger partial charge in [-0.1, -0.05) is 18.2 Å². The smallest absolute Gasteiger partial charge is 0.415 e. The van der Waals surface area contributed by atoms with Gasteiger partial charge in [-0.25, -0.2) is 9.59 Å². The van der Waals surface area contributed by atoms with Crippen LogP contribution in [0.5, 0.6) is 5.75 Å². The van der Waals surface area contributed by atoms with Crippen LogP contribution in [0.3, 0.4) is 0 Å². The van der Waals surface area contributed by atoms with E-state index in [1.54, 1.807) is 32.9 Å². The van der Waals surface area contributed by atoms with Crippen molar-refractivity contribution in [2.75, 3.05) is 42.9 Å². The van der Waals surface area contributed by atoms with E-state index in [4.69, 9.17) is 9.47 Å². The summed E-state index contributed by atoms with van der Waals surface area (Å²) in [5.74, 6) is -0.0647. The molecule has 0 unspecified atom stereocenters. The van der Waals surface area contributed by atoms with Gasteiger partial charge in [0.05, 0.1) is 10.4 Å². The fourth-order valence-electron chi connectivity index (χ4n) is 6.95. The number of amides is 4. The molecule has 0 atom stereocenters. The van der Waals surface area contributed by atoms with Gasteiger partial charge in [-0.2, -0.15) is 0 Å². The van der Waals surface area contributed by atoms with Gasteiger partial charge >= 0.3 is 12.2 Å². The molecule has 1 saturated heterocycles. The number of fused-ring (bicyclic) bond motifs is 5. The van der Waals surface area contributed by atoms with Crippen molar-refractivity contribution >= 4 is 78.6 Å². The quantitative estimate of drug-likeness (QED) is 0.171. The molecular weight excluding hydrogens is 681 g/mol. The van der Waals surface area contributed by atoms with Gasteiger partial charge in [0.25, 0.3) is 11.8 Å². The Balaban J connectivity index is 0.999. The standard InChI is InChI=1S/C39H38N6O6S/c1-22-21-52-34-32(50-37(48)43-13-15-44(16-14-43)38(49)51-39(2,3)4)20-31-26(33(22)34)11-12-45(31)36(47)30-19-24-17-25(9-10-28(24)42-30)40-35(46)29-18-23-7-5-6-8-27(23)41-29/h5-10,17-21,41-42H,11-16H2,1-4H3,(H,40,46). The van der Waals surface area contributed by atoms with E-state index in [2.05, 4.69) is 15.3 Å². The number of rotatable bonds is 4. The number of piperazine rings is 1. The lowest BCUT2D eigenvalue weighted by atomic mass is 10.0. The molecule has 52 heavy (non-hydrogen) atoms. The monoisotopic (exact) mass is 718 g/mol. The number of carbonyl (C=O) groups is 4. The number of hydrogen-bond donors (Lipinski definition) is 3. The third-order valence-corrected chi connectivity index (χ3v) is 10.6. The molecule has 3 N–H and O–H groups in total. The first-order chi connectivity index (χ1) is 24.9. The average molecular weight is 719 g/mol. The number of benzene rings is 3. The highest BCUT2D eigenvalue weighted by molar-refractivity contribution is 7.17. The molecule has 0 radical (unpaired) electrons. The fraction of sp³-hybridized carbons (Fsp3) is 0.282. The number of H-pyrrole nitrogens is 2. The molecule has 6 aromatic rings. The first-order valence-corrected chi connectivity index (χ1v) is 18.1. The van der Waals surface area contributed by atoms with Gasteiger partial charge in [0.2, 0.25) is 0 Å². The second kappa shape index (κ2) is 12.7. The molecule has 1 fully saturated rings. The van der Waals surface area contributed by atoms with Crippen LogP contribution >= 0.6 is 11.3 Å². The molecule has 3 aromatic carbocycles. The average Bonchev–Trinajstić information content (AvgIpc) is 3.91. The molecule has 0 bridgehead atoms. The minimum atomic E-state index is -0.601.